The van der Waals surface area contributed by atoms with Crippen LogP contribution in [-0.4, -0.2) is 55.7 Å². The van der Waals surface area contributed by atoms with E-state index in [1.165, 1.54) is 57.0 Å². The van der Waals surface area contributed by atoms with E-state index < -0.39 is 0 Å². The van der Waals surface area contributed by atoms with Gasteiger partial charge in [-0.1, -0.05) is 12.8 Å². The maximum Gasteiger partial charge on any atom is 0.185 e. The Bertz CT molecular complexity index is 367. The van der Waals surface area contributed by atoms with Crippen LogP contribution in [0.15, 0.2) is 11.6 Å². The minimum absolute atomic E-state index is 0.955. The van der Waals surface area contributed by atoms with Crippen molar-refractivity contribution >= 4 is 16.5 Å². The molecule has 1 aliphatic carbocycles. The van der Waals surface area contributed by atoms with Crippen molar-refractivity contribution in [1.82, 2.24) is 15.2 Å². The summed E-state index contributed by atoms with van der Waals surface area (Å²) in [4.78, 5) is 9.38. The highest BCUT2D eigenvalue weighted by Gasteiger charge is 2.18. The molecular formula is C15H26N4S. The first-order chi connectivity index (χ1) is 9.92. The molecule has 5 heteroatoms. The van der Waals surface area contributed by atoms with E-state index in [2.05, 4.69) is 25.5 Å². The van der Waals surface area contributed by atoms with Gasteiger partial charge in [-0.3, -0.25) is 4.90 Å². The second-order valence-electron chi connectivity index (χ2n) is 6.00. The van der Waals surface area contributed by atoms with E-state index in [0.29, 0.717) is 0 Å². The van der Waals surface area contributed by atoms with Crippen LogP contribution in [0.1, 0.15) is 25.7 Å². The van der Waals surface area contributed by atoms with E-state index in [-0.39, 0.29) is 0 Å². The van der Waals surface area contributed by atoms with Crippen LogP contribution in [0.2, 0.25) is 0 Å². The quantitative estimate of drug-likeness (QED) is 0.814. The summed E-state index contributed by atoms with van der Waals surface area (Å²) in [5, 5.41) is 6.90. The van der Waals surface area contributed by atoms with Crippen molar-refractivity contribution in [3.8, 4) is 0 Å². The number of nitrogens with zero attached hydrogens (tertiary/aromatic N) is 3. The topological polar surface area (TPSA) is 31.4 Å². The van der Waals surface area contributed by atoms with Gasteiger partial charge in [0, 0.05) is 50.8 Å². The average Bonchev–Trinajstić information content (AvgIpc) is 3.17. The number of thiazole rings is 1. The van der Waals surface area contributed by atoms with Gasteiger partial charge in [-0.05, 0) is 25.3 Å². The Kier molecular flexibility index (Phi) is 5.28. The maximum absolute atomic E-state index is 4.40. The minimum atomic E-state index is 0.955. The Morgan fingerprint density at radius 2 is 2.00 bits per heavy atom. The van der Waals surface area contributed by atoms with Crippen LogP contribution in [0.25, 0.3) is 0 Å². The molecular weight excluding hydrogens is 268 g/mol. The molecule has 1 N–H and O–H groups in total. The Balaban J connectivity index is 1.28. The molecule has 0 bridgehead atoms. The van der Waals surface area contributed by atoms with Gasteiger partial charge >= 0.3 is 0 Å². The normalized spacial score (nSPS) is 21.7. The number of rotatable bonds is 6. The van der Waals surface area contributed by atoms with E-state index >= 15 is 0 Å². The predicted molar refractivity (Wildman–Crippen MR) is 85.6 cm³/mol. The number of piperazine rings is 1. The molecule has 2 heterocycles. The molecule has 0 spiro atoms. The van der Waals surface area contributed by atoms with Crippen molar-refractivity contribution in [3.63, 3.8) is 0 Å². The summed E-state index contributed by atoms with van der Waals surface area (Å²) in [6.07, 6.45) is 7.69. The van der Waals surface area contributed by atoms with Crippen molar-refractivity contribution in [2.75, 3.05) is 50.7 Å². The number of nitrogens with one attached hydrogen (secondary N) is 1. The lowest BCUT2D eigenvalue weighted by atomic mass is 10.1. The van der Waals surface area contributed by atoms with Crippen molar-refractivity contribution < 1.29 is 0 Å². The third-order valence-electron chi connectivity index (χ3n) is 4.57. The summed E-state index contributed by atoms with van der Waals surface area (Å²) in [5.41, 5.74) is 0. The molecule has 0 radical (unpaired) electrons. The van der Waals surface area contributed by atoms with Crippen molar-refractivity contribution in [2.45, 2.75) is 25.7 Å². The number of hydrogen-bond donors (Lipinski definition) is 1. The minimum Gasteiger partial charge on any atom is -0.346 e. The van der Waals surface area contributed by atoms with Crippen molar-refractivity contribution in [3.05, 3.63) is 11.6 Å². The number of anilines is 1. The van der Waals surface area contributed by atoms with Crippen LogP contribution in [-0.2, 0) is 0 Å². The van der Waals surface area contributed by atoms with Gasteiger partial charge < -0.3 is 10.2 Å². The average molecular weight is 294 g/mol. The van der Waals surface area contributed by atoms with Crippen molar-refractivity contribution in [2.24, 2.45) is 5.92 Å². The summed E-state index contributed by atoms with van der Waals surface area (Å²) in [5.74, 6) is 0.955. The van der Waals surface area contributed by atoms with Gasteiger partial charge in [-0.2, -0.15) is 0 Å². The lowest BCUT2D eigenvalue weighted by molar-refractivity contribution is 0.255. The monoisotopic (exact) mass is 294 g/mol. The first kappa shape index (κ1) is 14.3. The fraction of sp³-hybridized carbons (Fsp3) is 0.800. The zero-order valence-electron chi connectivity index (χ0n) is 12.3. The second-order valence-corrected chi connectivity index (χ2v) is 6.87. The molecule has 0 unspecified atom stereocenters. The molecule has 1 saturated carbocycles. The molecule has 0 aromatic carbocycles. The summed E-state index contributed by atoms with van der Waals surface area (Å²) >= 11 is 1.75. The lowest BCUT2D eigenvalue weighted by Gasteiger charge is -2.34. The summed E-state index contributed by atoms with van der Waals surface area (Å²) in [6.45, 7) is 8.16. The van der Waals surface area contributed by atoms with E-state index in [4.69, 9.17) is 0 Å². The molecule has 1 aliphatic heterocycles. The molecule has 1 aromatic rings. The highest BCUT2D eigenvalue weighted by atomic mass is 32.1. The van der Waals surface area contributed by atoms with E-state index in [1.54, 1.807) is 11.3 Å². The summed E-state index contributed by atoms with van der Waals surface area (Å²) < 4.78 is 0. The van der Waals surface area contributed by atoms with Gasteiger partial charge in [0.15, 0.2) is 5.13 Å². The lowest BCUT2D eigenvalue weighted by Crippen LogP contribution is -2.48. The largest absolute Gasteiger partial charge is 0.346 e. The fourth-order valence-electron chi connectivity index (χ4n) is 3.29. The Morgan fingerprint density at radius 3 is 2.70 bits per heavy atom. The number of aromatic nitrogens is 1. The van der Waals surface area contributed by atoms with Crippen LogP contribution < -0.4 is 10.2 Å². The van der Waals surface area contributed by atoms with Gasteiger partial charge in [0.1, 0.15) is 0 Å². The molecule has 0 atom stereocenters. The van der Waals surface area contributed by atoms with Crippen LogP contribution in [0.4, 0.5) is 5.13 Å². The molecule has 1 saturated heterocycles. The molecule has 112 valence electrons. The summed E-state index contributed by atoms with van der Waals surface area (Å²) in [7, 11) is 0. The van der Waals surface area contributed by atoms with Gasteiger partial charge in [-0.25, -0.2) is 4.98 Å². The van der Waals surface area contributed by atoms with Gasteiger partial charge in [0.05, 0.1) is 0 Å². The summed E-state index contributed by atoms with van der Waals surface area (Å²) in [6, 6.07) is 0. The van der Waals surface area contributed by atoms with Crippen molar-refractivity contribution in [1.29, 1.82) is 0 Å². The molecule has 3 rings (SSSR count). The zero-order valence-corrected chi connectivity index (χ0v) is 13.1. The highest BCUT2D eigenvalue weighted by molar-refractivity contribution is 7.13. The smallest absolute Gasteiger partial charge is 0.185 e. The first-order valence-electron chi connectivity index (χ1n) is 7.99. The Hall–Kier alpha value is -0.650. The Labute approximate surface area is 126 Å². The maximum atomic E-state index is 4.40. The molecule has 2 aliphatic rings. The molecule has 0 amide bonds. The van der Waals surface area contributed by atoms with Gasteiger partial charge in [-0.15, -0.1) is 11.3 Å². The van der Waals surface area contributed by atoms with Gasteiger partial charge in [0.25, 0.3) is 0 Å². The third-order valence-corrected chi connectivity index (χ3v) is 5.41. The predicted octanol–water partition coefficient (Wildman–Crippen LogP) is 2.04. The van der Waals surface area contributed by atoms with Gasteiger partial charge in [0.2, 0.25) is 0 Å². The first-order valence-corrected chi connectivity index (χ1v) is 8.87. The Morgan fingerprint density at radius 1 is 1.20 bits per heavy atom. The zero-order chi connectivity index (χ0) is 13.6. The third kappa shape index (κ3) is 3.93. The standard InChI is InChI=1S/C15H26N4S/c1-2-4-14(3-1)13-16-5-7-18-8-10-19(11-9-18)15-17-6-12-20-15/h6,12,14,16H,1-5,7-11,13H2. The SMILES string of the molecule is c1csc(N2CCN(CCNCC3CCCC3)CC2)n1. The number of hydrogen-bond acceptors (Lipinski definition) is 5. The van der Waals surface area contributed by atoms with Crippen LogP contribution in [0.5, 0.6) is 0 Å². The molecule has 1 aromatic heterocycles. The fourth-order valence-corrected chi connectivity index (χ4v) is 3.99. The van der Waals surface area contributed by atoms with E-state index in [0.717, 1.165) is 25.6 Å². The van der Waals surface area contributed by atoms with Crippen LogP contribution in [0, 0.1) is 5.92 Å². The molecule has 2 fully saturated rings. The van der Waals surface area contributed by atoms with E-state index in [1.807, 2.05) is 6.20 Å². The molecule has 20 heavy (non-hydrogen) atoms. The highest BCUT2D eigenvalue weighted by Crippen LogP contribution is 2.23. The second kappa shape index (κ2) is 7.38. The van der Waals surface area contributed by atoms with E-state index in [9.17, 15) is 0 Å². The molecule has 4 nitrogen and oxygen atoms in total. The van der Waals surface area contributed by atoms with Crippen LogP contribution >= 0.6 is 11.3 Å². The van der Waals surface area contributed by atoms with Crippen LogP contribution in [0.3, 0.4) is 0 Å².